The summed E-state index contributed by atoms with van der Waals surface area (Å²) < 4.78 is 0. The van der Waals surface area contributed by atoms with Gasteiger partial charge >= 0.3 is 0 Å². The quantitative estimate of drug-likeness (QED) is 0.415. The molecular weight excluding hydrogens is 154 g/mol. The zero-order valence-corrected chi connectivity index (χ0v) is 7.11. The Balaban J connectivity index is 2.94. The van der Waals surface area contributed by atoms with E-state index in [0.29, 0.717) is 11.4 Å². The Morgan fingerprint density at radius 3 is 2.75 bits per heavy atom. The van der Waals surface area contributed by atoms with Crippen molar-refractivity contribution >= 4 is 11.4 Å². The van der Waals surface area contributed by atoms with Crippen LogP contribution in [0.15, 0.2) is 28.6 Å². The lowest BCUT2D eigenvalue weighted by Crippen LogP contribution is -1.85. The van der Waals surface area contributed by atoms with E-state index >= 15 is 0 Å². The summed E-state index contributed by atoms with van der Waals surface area (Å²) in [5, 5.41) is 7.12. The molecule has 0 radical (unpaired) electrons. The molecule has 1 rings (SSSR count). The first-order chi connectivity index (χ1) is 5.74. The third-order valence-electron chi connectivity index (χ3n) is 1.41. The van der Waals surface area contributed by atoms with Crippen molar-refractivity contribution in [3.8, 4) is 0 Å². The highest BCUT2D eigenvalue weighted by atomic mass is 16.6. The number of nitrogen functional groups attached to an aromatic ring is 1. The van der Waals surface area contributed by atoms with Crippen molar-refractivity contribution in [2.24, 2.45) is 10.4 Å². The molecular formula is C8H11N3O. The van der Waals surface area contributed by atoms with Crippen LogP contribution in [-0.4, -0.2) is 7.11 Å². The van der Waals surface area contributed by atoms with Gasteiger partial charge in [-0.25, -0.2) is 0 Å². The zero-order valence-electron chi connectivity index (χ0n) is 7.11. The molecule has 0 heterocycles. The van der Waals surface area contributed by atoms with Crippen LogP contribution in [0.5, 0.6) is 0 Å². The van der Waals surface area contributed by atoms with E-state index in [0.717, 1.165) is 5.56 Å². The maximum absolute atomic E-state index is 5.65. The van der Waals surface area contributed by atoms with E-state index in [2.05, 4.69) is 15.2 Å². The zero-order chi connectivity index (χ0) is 8.97. The molecule has 4 heteroatoms. The van der Waals surface area contributed by atoms with Crippen molar-refractivity contribution in [1.29, 1.82) is 0 Å². The summed E-state index contributed by atoms with van der Waals surface area (Å²) in [6.45, 7) is 1.97. The van der Waals surface area contributed by atoms with Gasteiger partial charge in [0.1, 0.15) is 12.8 Å². The second-order valence-corrected chi connectivity index (χ2v) is 2.43. The molecule has 1 aromatic rings. The van der Waals surface area contributed by atoms with Crippen LogP contribution >= 0.6 is 0 Å². The first-order valence-corrected chi connectivity index (χ1v) is 3.54. The molecule has 0 spiro atoms. The Bertz CT molecular complexity index is 296. The van der Waals surface area contributed by atoms with Crippen LogP contribution in [0.25, 0.3) is 0 Å². The topological polar surface area (TPSA) is 60.0 Å². The van der Waals surface area contributed by atoms with Crippen molar-refractivity contribution in [3.05, 3.63) is 23.8 Å². The van der Waals surface area contributed by atoms with Crippen LogP contribution in [0, 0.1) is 6.92 Å². The fourth-order valence-electron chi connectivity index (χ4n) is 0.850. The predicted octanol–water partition coefficient (Wildman–Crippen LogP) is 2.22. The van der Waals surface area contributed by atoms with Gasteiger partial charge in [0, 0.05) is 5.28 Å². The molecule has 0 unspecified atom stereocenters. The van der Waals surface area contributed by atoms with E-state index in [9.17, 15) is 0 Å². The highest BCUT2D eigenvalue weighted by molar-refractivity contribution is 5.62. The number of anilines is 1. The monoisotopic (exact) mass is 165 g/mol. The van der Waals surface area contributed by atoms with Gasteiger partial charge in [0.05, 0.1) is 5.69 Å². The number of aryl methyl sites for hydroxylation is 1. The summed E-state index contributed by atoms with van der Waals surface area (Å²) in [6.07, 6.45) is 0. The van der Waals surface area contributed by atoms with Crippen molar-refractivity contribution in [1.82, 2.24) is 0 Å². The van der Waals surface area contributed by atoms with Crippen LogP contribution in [0.3, 0.4) is 0 Å². The normalized spacial score (nSPS) is 10.5. The standard InChI is InChI=1S/C8H11N3O/c1-6-3-4-8(7(9)5-6)10-11-12-2/h3-5H,9H2,1-2H3. The summed E-state index contributed by atoms with van der Waals surface area (Å²) in [6, 6.07) is 5.55. The molecule has 0 aliphatic rings. The summed E-state index contributed by atoms with van der Waals surface area (Å²) >= 11 is 0. The van der Waals surface area contributed by atoms with Gasteiger partial charge in [0.25, 0.3) is 0 Å². The van der Waals surface area contributed by atoms with E-state index in [4.69, 9.17) is 5.73 Å². The Labute approximate surface area is 71.0 Å². The lowest BCUT2D eigenvalue weighted by atomic mass is 10.2. The van der Waals surface area contributed by atoms with E-state index in [1.807, 2.05) is 19.1 Å². The molecule has 1 aromatic carbocycles. The Morgan fingerprint density at radius 1 is 1.42 bits per heavy atom. The molecule has 0 aliphatic heterocycles. The van der Waals surface area contributed by atoms with Gasteiger partial charge in [-0.3, -0.25) is 0 Å². The Morgan fingerprint density at radius 2 is 2.17 bits per heavy atom. The fraction of sp³-hybridized carbons (Fsp3) is 0.250. The minimum Gasteiger partial charge on any atom is -0.397 e. The lowest BCUT2D eigenvalue weighted by Gasteiger charge is -1.98. The minimum atomic E-state index is 0.607. The smallest absolute Gasteiger partial charge is 0.112 e. The molecule has 4 nitrogen and oxygen atoms in total. The molecule has 64 valence electrons. The average Bonchev–Trinajstić information content (AvgIpc) is 2.03. The molecule has 0 bridgehead atoms. The molecule has 0 aromatic heterocycles. The number of hydrogen-bond donors (Lipinski definition) is 1. The summed E-state index contributed by atoms with van der Waals surface area (Å²) in [4.78, 5) is 4.43. The Hall–Kier alpha value is -1.58. The van der Waals surface area contributed by atoms with Gasteiger partial charge in [-0.1, -0.05) is 6.07 Å². The van der Waals surface area contributed by atoms with Gasteiger partial charge in [-0.15, -0.1) is 5.11 Å². The highest BCUT2D eigenvalue weighted by Crippen LogP contribution is 2.22. The number of benzene rings is 1. The van der Waals surface area contributed by atoms with Crippen molar-refractivity contribution in [3.63, 3.8) is 0 Å². The predicted molar refractivity (Wildman–Crippen MR) is 47.1 cm³/mol. The number of nitrogens with zero attached hydrogens (tertiary/aromatic N) is 2. The third-order valence-corrected chi connectivity index (χ3v) is 1.41. The van der Waals surface area contributed by atoms with Gasteiger partial charge in [-0.2, -0.15) is 0 Å². The van der Waals surface area contributed by atoms with E-state index in [1.54, 1.807) is 6.07 Å². The Kier molecular flexibility index (Phi) is 2.63. The molecule has 0 amide bonds. The summed E-state index contributed by atoms with van der Waals surface area (Å²) in [5.74, 6) is 0. The second-order valence-electron chi connectivity index (χ2n) is 2.43. The van der Waals surface area contributed by atoms with Crippen LogP contribution in [0.1, 0.15) is 5.56 Å². The SMILES string of the molecule is CON=Nc1ccc(C)cc1N. The van der Waals surface area contributed by atoms with E-state index in [1.165, 1.54) is 7.11 Å². The molecule has 2 N–H and O–H groups in total. The van der Waals surface area contributed by atoms with Crippen LogP contribution in [0.2, 0.25) is 0 Å². The van der Waals surface area contributed by atoms with Crippen LogP contribution in [0.4, 0.5) is 11.4 Å². The molecule has 0 saturated carbocycles. The van der Waals surface area contributed by atoms with Crippen molar-refractivity contribution in [2.75, 3.05) is 12.8 Å². The van der Waals surface area contributed by atoms with E-state index in [-0.39, 0.29) is 0 Å². The van der Waals surface area contributed by atoms with Gasteiger partial charge < -0.3 is 10.6 Å². The molecule has 0 atom stereocenters. The van der Waals surface area contributed by atoms with E-state index < -0.39 is 0 Å². The summed E-state index contributed by atoms with van der Waals surface area (Å²) in [7, 11) is 1.44. The largest absolute Gasteiger partial charge is 0.397 e. The molecule has 12 heavy (non-hydrogen) atoms. The van der Waals surface area contributed by atoms with Crippen molar-refractivity contribution < 1.29 is 4.84 Å². The van der Waals surface area contributed by atoms with Gasteiger partial charge in [-0.05, 0) is 24.6 Å². The second kappa shape index (κ2) is 3.71. The highest BCUT2D eigenvalue weighted by Gasteiger charge is 1.96. The van der Waals surface area contributed by atoms with Crippen LogP contribution < -0.4 is 5.73 Å². The number of rotatable bonds is 2. The fourth-order valence-corrected chi connectivity index (χ4v) is 0.850. The first kappa shape index (κ1) is 8.52. The maximum atomic E-state index is 5.65. The minimum absolute atomic E-state index is 0.607. The van der Waals surface area contributed by atoms with Crippen LogP contribution in [-0.2, 0) is 4.84 Å². The molecule has 0 fully saturated rings. The average molecular weight is 165 g/mol. The van der Waals surface area contributed by atoms with Gasteiger partial charge in [0.2, 0.25) is 0 Å². The number of hydrogen-bond acceptors (Lipinski definition) is 4. The maximum Gasteiger partial charge on any atom is 0.112 e. The van der Waals surface area contributed by atoms with Crippen molar-refractivity contribution in [2.45, 2.75) is 6.92 Å². The van der Waals surface area contributed by atoms with Gasteiger partial charge in [0.15, 0.2) is 0 Å². The first-order valence-electron chi connectivity index (χ1n) is 3.54. The third kappa shape index (κ3) is 1.95. The lowest BCUT2D eigenvalue weighted by molar-refractivity contribution is 0.190. The molecule has 0 aliphatic carbocycles. The number of nitrogens with two attached hydrogens (primary N) is 1. The molecule has 0 saturated heterocycles. The summed E-state index contributed by atoms with van der Waals surface area (Å²) in [5.41, 5.74) is 7.99.